The molecule has 0 heterocycles. The molecule has 24 heavy (non-hydrogen) atoms. The van der Waals surface area contributed by atoms with E-state index in [0.29, 0.717) is 18.8 Å². The van der Waals surface area contributed by atoms with Crippen molar-refractivity contribution in [3.05, 3.63) is 28.7 Å². The maximum atomic E-state index is 12.2. The molecule has 0 aromatic heterocycles. The quantitative estimate of drug-likeness (QED) is 0.463. The first-order chi connectivity index (χ1) is 11.5. The summed E-state index contributed by atoms with van der Waals surface area (Å²) in [6.45, 7) is -0.260. The van der Waals surface area contributed by atoms with E-state index in [1.165, 1.54) is 14.2 Å². The summed E-state index contributed by atoms with van der Waals surface area (Å²) in [5.74, 6) is -0.860. The van der Waals surface area contributed by atoms with E-state index in [9.17, 15) is 14.4 Å². The largest absolute Gasteiger partial charge is 0.492 e. The van der Waals surface area contributed by atoms with Crippen molar-refractivity contribution in [3.63, 3.8) is 0 Å². The highest BCUT2D eigenvalue weighted by molar-refractivity contribution is 9.10. The molecule has 0 bridgehead atoms. The lowest BCUT2D eigenvalue weighted by molar-refractivity contribution is -0.152. The number of methoxy groups -OCH3 is 2. The number of amides is 1. The van der Waals surface area contributed by atoms with Gasteiger partial charge in [0.2, 0.25) is 5.91 Å². The predicted octanol–water partition coefficient (Wildman–Crippen LogP) is 1.78. The summed E-state index contributed by atoms with van der Waals surface area (Å²) >= 11 is 3.37. The van der Waals surface area contributed by atoms with E-state index in [2.05, 4.69) is 25.4 Å². The summed E-state index contributed by atoms with van der Waals surface area (Å²) in [6.07, 6.45) is 0.581. The molecule has 132 valence electrons. The standard InChI is InChI=1S/C16H20BrNO6/c1-22-15(20)10-18(11-16(21)23-2)14(19)8-5-9-24-13-7-4-3-6-12(13)17/h3-4,6-7H,5,8-11H2,1-2H3. The van der Waals surface area contributed by atoms with Gasteiger partial charge in [-0.1, -0.05) is 12.1 Å². The van der Waals surface area contributed by atoms with Crippen LogP contribution in [0.15, 0.2) is 28.7 Å². The molecule has 0 atom stereocenters. The van der Waals surface area contributed by atoms with E-state index in [4.69, 9.17) is 4.74 Å². The normalized spacial score (nSPS) is 9.96. The van der Waals surface area contributed by atoms with Crippen molar-refractivity contribution in [2.75, 3.05) is 33.9 Å². The summed E-state index contributed by atoms with van der Waals surface area (Å²) in [7, 11) is 2.43. The fourth-order valence-electron chi connectivity index (χ4n) is 1.80. The average molecular weight is 402 g/mol. The topological polar surface area (TPSA) is 82.1 Å². The number of nitrogens with zero attached hydrogens (tertiary/aromatic N) is 1. The Bertz CT molecular complexity index is 559. The average Bonchev–Trinajstić information content (AvgIpc) is 2.58. The van der Waals surface area contributed by atoms with Gasteiger partial charge in [0.05, 0.1) is 25.3 Å². The maximum Gasteiger partial charge on any atom is 0.325 e. The summed E-state index contributed by atoms with van der Waals surface area (Å²) < 4.78 is 15.5. The number of ether oxygens (including phenoxy) is 3. The Hall–Kier alpha value is -2.09. The van der Waals surface area contributed by atoms with Gasteiger partial charge in [-0.25, -0.2) is 0 Å². The number of rotatable bonds is 9. The lowest BCUT2D eigenvalue weighted by Crippen LogP contribution is -2.40. The highest BCUT2D eigenvalue weighted by Gasteiger charge is 2.20. The number of hydrogen-bond acceptors (Lipinski definition) is 6. The molecule has 0 aliphatic rings. The lowest BCUT2D eigenvalue weighted by Gasteiger charge is -2.20. The van der Waals surface area contributed by atoms with Crippen LogP contribution >= 0.6 is 15.9 Å². The third kappa shape index (κ3) is 6.99. The highest BCUT2D eigenvalue weighted by Crippen LogP contribution is 2.23. The van der Waals surface area contributed by atoms with E-state index in [1.54, 1.807) is 0 Å². The predicted molar refractivity (Wildman–Crippen MR) is 89.5 cm³/mol. The van der Waals surface area contributed by atoms with Crippen LogP contribution < -0.4 is 4.74 Å². The first kappa shape index (κ1) is 20.0. The molecule has 1 rings (SSSR count). The van der Waals surface area contributed by atoms with Crippen LogP contribution in [0.25, 0.3) is 0 Å². The van der Waals surface area contributed by atoms with Crippen molar-refractivity contribution in [1.29, 1.82) is 0 Å². The molecule has 1 aromatic carbocycles. The highest BCUT2D eigenvalue weighted by atomic mass is 79.9. The van der Waals surface area contributed by atoms with Gasteiger partial charge in [0, 0.05) is 6.42 Å². The second kappa shape index (κ2) is 10.6. The number of para-hydroxylation sites is 1. The first-order valence-corrected chi connectivity index (χ1v) is 8.06. The van der Waals surface area contributed by atoms with Gasteiger partial charge in [-0.05, 0) is 34.5 Å². The molecule has 0 unspecified atom stereocenters. The first-order valence-electron chi connectivity index (χ1n) is 7.26. The minimum absolute atomic E-state index is 0.137. The van der Waals surface area contributed by atoms with Crippen molar-refractivity contribution >= 4 is 33.8 Å². The summed E-state index contributed by atoms with van der Waals surface area (Å²) in [4.78, 5) is 36.0. The van der Waals surface area contributed by atoms with Crippen LogP contribution in [-0.2, 0) is 23.9 Å². The fraction of sp³-hybridized carbons (Fsp3) is 0.438. The molecule has 0 saturated heterocycles. The Morgan fingerprint density at radius 3 is 2.17 bits per heavy atom. The van der Waals surface area contributed by atoms with E-state index < -0.39 is 11.9 Å². The van der Waals surface area contributed by atoms with Gasteiger partial charge < -0.3 is 19.1 Å². The number of carbonyl (C=O) groups is 3. The SMILES string of the molecule is COC(=O)CN(CC(=O)OC)C(=O)CCCOc1ccccc1Br. The number of benzene rings is 1. The Morgan fingerprint density at radius 2 is 1.62 bits per heavy atom. The van der Waals surface area contributed by atoms with Gasteiger partial charge >= 0.3 is 11.9 Å². The van der Waals surface area contributed by atoms with Gasteiger partial charge in [0.1, 0.15) is 18.8 Å². The van der Waals surface area contributed by atoms with Crippen molar-refractivity contribution in [1.82, 2.24) is 4.90 Å². The smallest absolute Gasteiger partial charge is 0.325 e. The van der Waals surface area contributed by atoms with Gasteiger partial charge in [0.15, 0.2) is 0 Å². The molecule has 0 fully saturated rings. The van der Waals surface area contributed by atoms with Crippen molar-refractivity contribution < 1.29 is 28.6 Å². The van der Waals surface area contributed by atoms with E-state index in [-0.39, 0.29) is 25.4 Å². The van der Waals surface area contributed by atoms with Crippen molar-refractivity contribution in [3.8, 4) is 5.75 Å². The molecule has 1 aromatic rings. The van der Waals surface area contributed by atoms with E-state index in [1.807, 2.05) is 24.3 Å². The minimum Gasteiger partial charge on any atom is -0.492 e. The molecule has 0 spiro atoms. The molecule has 8 heteroatoms. The molecule has 0 radical (unpaired) electrons. The van der Waals surface area contributed by atoms with E-state index in [0.717, 1.165) is 9.37 Å². The molecule has 7 nitrogen and oxygen atoms in total. The maximum absolute atomic E-state index is 12.2. The molecular weight excluding hydrogens is 382 g/mol. The molecule has 0 N–H and O–H groups in total. The van der Waals surface area contributed by atoms with Crippen LogP contribution in [0.5, 0.6) is 5.75 Å². The number of carbonyl (C=O) groups excluding carboxylic acids is 3. The Kier molecular flexibility index (Phi) is 8.85. The van der Waals surface area contributed by atoms with Gasteiger partial charge in [-0.15, -0.1) is 0 Å². The van der Waals surface area contributed by atoms with Crippen LogP contribution in [0, 0.1) is 0 Å². The second-order valence-electron chi connectivity index (χ2n) is 4.78. The van der Waals surface area contributed by atoms with Crippen molar-refractivity contribution in [2.24, 2.45) is 0 Å². The summed E-state index contributed by atoms with van der Waals surface area (Å²) in [5.41, 5.74) is 0. The minimum atomic E-state index is -0.600. The third-order valence-corrected chi connectivity index (χ3v) is 3.73. The van der Waals surface area contributed by atoms with Crippen LogP contribution in [-0.4, -0.2) is 56.7 Å². The second-order valence-corrected chi connectivity index (χ2v) is 5.64. The zero-order valence-electron chi connectivity index (χ0n) is 13.6. The monoisotopic (exact) mass is 401 g/mol. The molecular formula is C16H20BrNO6. The zero-order chi connectivity index (χ0) is 17.9. The Balaban J connectivity index is 2.47. The number of hydrogen-bond donors (Lipinski definition) is 0. The summed E-state index contributed by atoms with van der Waals surface area (Å²) in [6, 6.07) is 7.39. The zero-order valence-corrected chi connectivity index (χ0v) is 15.2. The Labute approximate surface area is 149 Å². The number of halogens is 1. The Morgan fingerprint density at radius 1 is 1.04 bits per heavy atom. The summed E-state index contributed by atoms with van der Waals surface area (Å²) in [5, 5.41) is 0. The van der Waals surface area contributed by atoms with E-state index >= 15 is 0 Å². The third-order valence-electron chi connectivity index (χ3n) is 3.08. The van der Waals surface area contributed by atoms with Gasteiger partial charge in [-0.2, -0.15) is 0 Å². The molecule has 0 aliphatic heterocycles. The number of esters is 2. The molecule has 0 saturated carbocycles. The van der Waals surface area contributed by atoms with Gasteiger partial charge in [0.25, 0.3) is 0 Å². The molecule has 0 aliphatic carbocycles. The lowest BCUT2D eigenvalue weighted by atomic mass is 10.2. The molecule has 1 amide bonds. The van der Waals surface area contributed by atoms with Crippen LogP contribution in [0.1, 0.15) is 12.8 Å². The van der Waals surface area contributed by atoms with Crippen LogP contribution in [0.4, 0.5) is 0 Å². The van der Waals surface area contributed by atoms with Crippen LogP contribution in [0.3, 0.4) is 0 Å². The fourth-order valence-corrected chi connectivity index (χ4v) is 2.20. The van der Waals surface area contributed by atoms with Crippen molar-refractivity contribution in [2.45, 2.75) is 12.8 Å². The van der Waals surface area contributed by atoms with Crippen LogP contribution in [0.2, 0.25) is 0 Å². The van der Waals surface area contributed by atoms with Gasteiger partial charge in [-0.3, -0.25) is 14.4 Å².